The smallest absolute Gasteiger partial charge is 0.228 e. The number of anilines is 1. The van der Waals surface area contributed by atoms with Crippen molar-refractivity contribution in [3.05, 3.63) is 28.7 Å². The molecule has 2 amide bonds. The first-order chi connectivity index (χ1) is 10.6. The van der Waals surface area contributed by atoms with Gasteiger partial charge in [0.25, 0.3) is 0 Å². The molecule has 0 aromatic heterocycles. The number of rotatable bonds is 3. The molecular formula is C17H21BrN2O2. The van der Waals surface area contributed by atoms with Gasteiger partial charge in [0.2, 0.25) is 11.8 Å². The van der Waals surface area contributed by atoms with Gasteiger partial charge in [-0.05, 0) is 31.0 Å². The topological polar surface area (TPSA) is 40.6 Å². The summed E-state index contributed by atoms with van der Waals surface area (Å²) in [4.78, 5) is 28.6. The van der Waals surface area contributed by atoms with Crippen molar-refractivity contribution in [1.29, 1.82) is 0 Å². The normalized spacial score (nSPS) is 22.4. The van der Waals surface area contributed by atoms with E-state index < -0.39 is 0 Å². The second-order valence-electron chi connectivity index (χ2n) is 6.27. The summed E-state index contributed by atoms with van der Waals surface area (Å²) in [6.45, 7) is 0.491. The van der Waals surface area contributed by atoms with Crippen LogP contribution in [0.4, 0.5) is 5.69 Å². The van der Waals surface area contributed by atoms with Crippen molar-refractivity contribution in [2.45, 2.75) is 38.1 Å². The summed E-state index contributed by atoms with van der Waals surface area (Å²) in [7, 11) is 1.89. The fourth-order valence-corrected chi connectivity index (χ4v) is 3.91. The molecular weight excluding hydrogens is 344 g/mol. The molecule has 5 heteroatoms. The van der Waals surface area contributed by atoms with Crippen molar-refractivity contribution < 1.29 is 9.59 Å². The van der Waals surface area contributed by atoms with E-state index in [0.717, 1.165) is 23.0 Å². The number of benzene rings is 1. The first-order valence-corrected chi connectivity index (χ1v) is 8.68. The number of hydrogen-bond acceptors (Lipinski definition) is 2. The summed E-state index contributed by atoms with van der Waals surface area (Å²) in [5, 5.41) is 0. The highest BCUT2D eigenvalue weighted by Crippen LogP contribution is 2.30. The molecule has 1 atom stereocenters. The molecule has 0 bridgehead atoms. The predicted molar refractivity (Wildman–Crippen MR) is 89.6 cm³/mol. The minimum Gasteiger partial charge on any atom is -0.342 e. The Balaban J connectivity index is 1.70. The third kappa shape index (κ3) is 3.05. The van der Waals surface area contributed by atoms with Crippen LogP contribution >= 0.6 is 15.9 Å². The van der Waals surface area contributed by atoms with Gasteiger partial charge in [-0.25, -0.2) is 0 Å². The molecule has 1 saturated heterocycles. The minimum atomic E-state index is -0.211. The Morgan fingerprint density at radius 1 is 1.32 bits per heavy atom. The van der Waals surface area contributed by atoms with E-state index in [2.05, 4.69) is 15.9 Å². The van der Waals surface area contributed by atoms with Crippen LogP contribution in [0, 0.1) is 5.92 Å². The highest BCUT2D eigenvalue weighted by Gasteiger charge is 2.38. The Bertz CT molecular complexity index is 584. The second kappa shape index (κ2) is 6.41. The molecule has 2 aliphatic rings. The Labute approximate surface area is 139 Å². The van der Waals surface area contributed by atoms with Gasteiger partial charge in [0, 0.05) is 36.2 Å². The van der Waals surface area contributed by atoms with Crippen LogP contribution < -0.4 is 4.90 Å². The molecule has 3 rings (SSSR count). The van der Waals surface area contributed by atoms with Crippen molar-refractivity contribution in [2.75, 3.05) is 18.5 Å². The van der Waals surface area contributed by atoms with Gasteiger partial charge in [0.05, 0.1) is 5.92 Å². The van der Waals surface area contributed by atoms with E-state index in [1.54, 1.807) is 4.90 Å². The van der Waals surface area contributed by atoms with Crippen LogP contribution in [-0.4, -0.2) is 36.3 Å². The molecule has 0 unspecified atom stereocenters. The number of nitrogens with zero attached hydrogens (tertiary/aromatic N) is 2. The molecule has 0 spiro atoms. The lowest BCUT2D eigenvalue weighted by atomic mass is 10.1. The largest absolute Gasteiger partial charge is 0.342 e. The summed E-state index contributed by atoms with van der Waals surface area (Å²) in [5.74, 6) is -0.0499. The summed E-state index contributed by atoms with van der Waals surface area (Å²) < 4.78 is 0.940. The average Bonchev–Trinajstić information content (AvgIpc) is 3.15. The number of amides is 2. The maximum Gasteiger partial charge on any atom is 0.228 e. The number of halogens is 1. The number of hydrogen-bond donors (Lipinski definition) is 0. The van der Waals surface area contributed by atoms with Crippen molar-refractivity contribution in [2.24, 2.45) is 5.92 Å². The quantitative estimate of drug-likeness (QED) is 0.826. The predicted octanol–water partition coefficient (Wildman–Crippen LogP) is 3.20. The lowest BCUT2D eigenvalue weighted by molar-refractivity contribution is -0.136. The Kier molecular flexibility index (Phi) is 4.52. The molecule has 22 heavy (non-hydrogen) atoms. The first kappa shape index (κ1) is 15.5. The fourth-order valence-electron chi connectivity index (χ4n) is 3.53. The van der Waals surface area contributed by atoms with Gasteiger partial charge >= 0.3 is 0 Å². The van der Waals surface area contributed by atoms with Crippen molar-refractivity contribution in [3.8, 4) is 0 Å². The summed E-state index contributed by atoms with van der Waals surface area (Å²) in [6, 6.07) is 8.04. The lowest BCUT2D eigenvalue weighted by Crippen LogP contribution is -2.40. The Morgan fingerprint density at radius 2 is 2.05 bits per heavy atom. The van der Waals surface area contributed by atoms with Crippen LogP contribution in [0.3, 0.4) is 0 Å². The average molecular weight is 365 g/mol. The van der Waals surface area contributed by atoms with Crippen LogP contribution in [0.25, 0.3) is 0 Å². The Hall–Kier alpha value is -1.36. The van der Waals surface area contributed by atoms with Gasteiger partial charge in [-0.15, -0.1) is 0 Å². The molecule has 118 valence electrons. The van der Waals surface area contributed by atoms with E-state index in [-0.39, 0.29) is 17.7 Å². The summed E-state index contributed by atoms with van der Waals surface area (Å²) in [5.41, 5.74) is 0.859. The first-order valence-electron chi connectivity index (χ1n) is 7.89. The van der Waals surface area contributed by atoms with Crippen LogP contribution in [-0.2, 0) is 9.59 Å². The van der Waals surface area contributed by atoms with Crippen LogP contribution in [0.2, 0.25) is 0 Å². The van der Waals surface area contributed by atoms with E-state index in [0.29, 0.717) is 19.0 Å². The van der Waals surface area contributed by atoms with Gasteiger partial charge < -0.3 is 9.80 Å². The van der Waals surface area contributed by atoms with Crippen LogP contribution in [0.1, 0.15) is 32.1 Å². The van der Waals surface area contributed by atoms with E-state index in [1.807, 2.05) is 36.2 Å². The molecule has 1 aromatic rings. The third-order valence-corrected chi connectivity index (χ3v) is 5.31. The molecule has 0 radical (unpaired) electrons. The van der Waals surface area contributed by atoms with Gasteiger partial charge in [0.1, 0.15) is 0 Å². The van der Waals surface area contributed by atoms with Crippen LogP contribution in [0.5, 0.6) is 0 Å². The van der Waals surface area contributed by atoms with E-state index in [4.69, 9.17) is 0 Å². The van der Waals surface area contributed by atoms with E-state index >= 15 is 0 Å². The van der Waals surface area contributed by atoms with Crippen molar-refractivity contribution in [1.82, 2.24) is 4.90 Å². The SMILES string of the molecule is CN(C(=O)[C@H]1CC(=O)N(c2cccc(Br)c2)C1)C1CCCC1. The maximum atomic E-state index is 12.7. The molecule has 1 heterocycles. The minimum absolute atomic E-state index is 0.0382. The molecule has 1 aromatic carbocycles. The molecule has 1 aliphatic heterocycles. The molecule has 4 nitrogen and oxygen atoms in total. The highest BCUT2D eigenvalue weighted by atomic mass is 79.9. The van der Waals surface area contributed by atoms with Crippen LogP contribution in [0.15, 0.2) is 28.7 Å². The standard InChI is InChI=1S/C17H21BrN2O2/c1-19(14-6-2-3-7-14)17(22)12-9-16(21)20(11-12)15-8-4-5-13(18)10-15/h4-5,8,10,12,14H,2-3,6-7,9,11H2,1H3/t12-/m0/s1. The zero-order valence-corrected chi connectivity index (χ0v) is 14.4. The molecule has 1 saturated carbocycles. The monoisotopic (exact) mass is 364 g/mol. The molecule has 2 fully saturated rings. The lowest BCUT2D eigenvalue weighted by Gasteiger charge is -2.27. The molecule has 0 N–H and O–H groups in total. The van der Waals surface area contributed by atoms with Crippen molar-refractivity contribution in [3.63, 3.8) is 0 Å². The highest BCUT2D eigenvalue weighted by molar-refractivity contribution is 9.10. The van der Waals surface area contributed by atoms with Gasteiger partial charge in [0.15, 0.2) is 0 Å². The van der Waals surface area contributed by atoms with Gasteiger partial charge in [-0.3, -0.25) is 9.59 Å². The zero-order chi connectivity index (χ0) is 15.7. The van der Waals surface area contributed by atoms with Gasteiger partial charge in [-0.2, -0.15) is 0 Å². The maximum absolute atomic E-state index is 12.7. The summed E-state index contributed by atoms with van der Waals surface area (Å²) in [6.07, 6.45) is 4.92. The van der Waals surface area contributed by atoms with E-state index in [9.17, 15) is 9.59 Å². The third-order valence-electron chi connectivity index (χ3n) is 4.81. The van der Waals surface area contributed by atoms with Crippen molar-refractivity contribution >= 4 is 33.4 Å². The summed E-state index contributed by atoms with van der Waals surface area (Å²) >= 11 is 3.43. The van der Waals surface area contributed by atoms with E-state index in [1.165, 1.54) is 12.8 Å². The number of carbonyl (C=O) groups excluding carboxylic acids is 2. The molecule has 1 aliphatic carbocycles. The number of carbonyl (C=O) groups is 2. The zero-order valence-electron chi connectivity index (χ0n) is 12.8. The fraction of sp³-hybridized carbons (Fsp3) is 0.529. The second-order valence-corrected chi connectivity index (χ2v) is 7.19. The Morgan fingerprint density at radius 3 is 2.73 bits per heavy atom. The van der Waals surface area contributed by atoms with Gasteiger partial charge in [-0.1, -0.05) is 34.8 Å².